The van der Waals surface area contributed by atoms with Crippen LogP contribution in [-0.4, -0.2) is 147 Å². The predicted octanol–water partition coefficient (Wildman–Crippen LogP) is 4.80. The summed E-state index contributed by atoms with van der Waals surface area (Å²) in [5, 5.41) is 0. The molecule has 0 saturated carbocycles. The standard InChI is InChI=1S/C6H11F2N.C6H12FN.C6H13N.C5H11NO.C5H11NS/c1-5-3-6(7,8)4-9(5)2;1-5-3-6(7)4-8(5)2;1-6-4-3-5-7(6)2;2*1-5-3-7-4-6(5)2/h5H,3-4H2,1-2H3;5-6H,3-4H2,1-2H3;6H,3-5H2,1-2H3;2*5H,3-4H2,1-2H3. The van der Waals surface area contributed by atoms with Gasteiger partial charge in [-0.1, -0.05) is 0 Å². The Labute approximate surface area is 236 Å². The van der Waals surface area contributed by atoms with Crippen molar-refractivity contribution in [1.29, 1.82) is 0 Å². The normalized spacial score (nSPS) is 35.9. The quantitative estimate of drug-likeness (QED) is 0.413. The van der Waals surface area contributed by atoms with Crippen LogP contribution < -0.4 is 0 Å². The van der Waals surface area contributed by atoms with Crippen LogP contribution in [0.1, 0.15) is 60.3 Å². The Bertz CT molecular complexity index is 549. The summed E-state index contributed by atoms with van der Waals surface area (Å²) in [4.78, 5) is 10.7. The molecule has 228 valence electrons. The van der Waals surface area contributed by atoms with Crippen molar-refractivity contribution in [3.8, 4) is 0 Å². The zero-order chi connectivity index (χ0) is 29.0. The van der Waals surface area contributed by atoms with Gasteiger partial charge in [-0.3, -0.25) is 14.7 Å². The molecule has 5 saturated heterocycles. The first kappa shape index (κ1) is 35.9. The lowest BCUT2D eigenvalue weighted by atomic mass is 10.2. The molecule has 0 aliphatic carbocycles. The van der Waals surface area contributed by atoms with Gasteiger partial charge in [0.1, 0.15) is 6.17 Å². The fraction of sp³-hybridized carbons (Fsp3) is 1.00. The van der Waals surface area contributed by atoms with E-state index in [1.54, 1.807) is 11.9 Å². The molecule has 5 rings (SSSR count). The first-order valence-electron chi connectivity index (χ1n) is 14.3. The highest BCUT2D eigenvalue weighted by Gasteiger charge is 2.40. The van der Waals surface area contributed by atoms with Crippen LogP contribution in [0.4, 0.5) is 13.2 Å². The van der Waals surface area contributed by atoms with Crippen molar-refractivity contribution in [2.45, 2.75) is 103 Å². The van der Waals surface area contributed by atoms with Crippen LogP contribution in [0.2, 0.25) is 0 Å². The van der Waals surface area contributed by atoms with Crippen LogP contribution in [-0.2, 0) is 4.74 Å². The number of nitrogens with zero attached hydrogens (tertiary/aromatic N) is 5. The zero-order valence-electron chi connectivity index (χ0n) is 25.9. The Kier molecular flexibility index (Phi) is 16.7. The number of likely N-dealkylation sites (tertiary alicyclic amines) is 3. The largest absolute Gasteiger partial charge is 0.364 e. The molecule has 0 N–H and O–H groups in total. The number of thioether (sulfide) groups is 1. The molecule has 5 heterocycles. The van der Waals surface area contributed by atoms with Crippen molar-refractivity contribution in [3.63, 3.8) is 0 Å². The van der Waals surface area contributed by atoms with Crippen LogP contribution in [0.25, 0.3) is 0 Å². The van der Waals surface area contributed by atoms with Crippen LogP contribution in [0, 0.1) is 0 Å². The molecule has 0 radical (unpaired) electrons. The minimum absolute atomic E-state index is 0.0174. The van der Waals surface area contributed by atoms with Gasteiger partial charge in [-0.15, -0.1) is 11.8 Å². The third-order valence-corrected chi connectivity index (χ3v) is 9.67. The molecule has 0 aromatic heterocycles. The van der Waals surface area contributed by atoms with E-state index in [1.807, 2.05) is 30.6 Å². The summed E-state index contributed by atoms with van der Waals surface area (Å²) < 4.78 is 42.3. The summed E-state index contributed by atoms with van der Waals surface area (Å²) in [7, 11) is 10.1. The van der Waals surface area contributed by atoms with Gasteiger partial charge in [0, 0.05) is 54.8 Å². The van der Waals surface area contributed by atoms with E-state index < -0.39 is 12.1 Å². The van der Waals surface area contributed by atoms with E-state index >= 15 is 0 Å². The number of halogens is 3. The van der Waals surface area contributed by atoms with Gasteiger partial charge in [0.05, 0.1) is 19.9 Å². The van der Waals surface area contributed by atoms with E-state index in [-0.39, 0.29) is 19.0 Å². The molecule has 5 aliphatic rings. The summed E-state index contributed by atoms with van der Waals surface area (Å²) in [5.41, 5.74) is 0. The summed E-state index contributed by atoms with van der Waals surface area (Å²) in [6, 6.07) is 2.77. The number of alkyl halides is 3. The fourth-order valence-electron chi connectivity index (χ4n) is 4.61. The highest BCUT2D eigenvalue weighted by Crippen LogP contribution is 2.30. The van der Waals surface area contributed by atoms with Gasteiger partial charge in [-0.2, -0.15) is 0 Å². The number of likely N-dealkylation sites (N-methyl/N-ethyl adjacent to an activating group) is 1. The fourth-order valence-corrected chi connectivity index (χ4v) is 5.85. The Morgan fingerprint density at radius 2 is 1.42 bits per heavy atom. The minimum Gasteiger partial charge on any atom is -0.364 e. The first-order chi connectivity index (χ1) is 17.6. The highest BCUT2D eigenvalue weighted by atomic mass is 32.2. The lowest BCUT2D eigenvalue weighted by molar-refractivity contribution is 0.0141. The van der Waals surface area contributed by atoms with Crippen LogP contribution in [0.5, 0.6) is 0 Å². The van der Waals surface area contributed by atoms with Gasteiger partial charge >= 0.3 is 0 Å². The molecular weight excluding hydrogens is 511 g/mol. The topological polar surface area (TPSA) is 25.4 Å². The van der Waals surface area contributed by atoms with E-state index in [0.717, 1.165) is 31.8 Å². The average Bonchev–Trinajstić information content (AvgIpc) is 3.60. The van der Waals surface area contributed by atoms with E-state index in [1.165, 1.54) is 31.0 Å². The molecule has 0 bridgehead atoms. The molecule has 5 aliphatic heterocycles. The maximum atomic E-state index is 12.4. The minimum atomic E-state index is -2.44. The van der Waals surface area contributed by atoms with Crippen LogP contribution >= 0.6 is 11.8 Å². The molecule has 0 amide bonds. The second-order valence-electron chi connectivity index (χ2n) is 12.1. The molecule has 6 atom stereocenters. The van der Waals surface area contributed by atoms with Crippen molar-refractivity contribution < 1.29 is 17.9 Å². The molecule has 6 nitrogen and oxygen atoms in total. The van der Waals surface area contributed by atoms with Crippen LogP contribution in [0.15, 0.2) is 0 Å². The number of hydrogen-bond donors (Lipinski definition) is 0. The SMILES string of the molecule is CC1CC(F)(F)CN1C.CC1CC(F)CN1C.CC1CCCN1C.CC1COCN1C.CC1CSCN1C. The van der Waals surface area contributed by atoms with Gasteiger partial charge in [-0.25, -0.2) is 13.2 Å². The van der Waals surface area contributed by atoms with Crippen molar-refractivity contribution in [1.82, 2.24) is 24.5 Å². The molecule has 0 aromatic carbocycles. The lowest BCUT2D eigenvalue weighted by Gasteiger charge is -2.12. The second-order valence-corrected chi connectivity index (χ2v) is 13.1. The van der Waals surface area contributed by atoms with E-state index in [0.29, 0.717) is 18.6 Å². The van der Waals surface area contributed by atoms with Crippen molar-refractivity contribution in [2.24, 2.45) is 0 Å². The first-order valence-corrected chi connectivity index (χ1v) is 15.5. The van der Waals surface area contributed by atoms with E-state index in [2.05, 4.69) is 63.5 Å². The summed E-state index contributed by atoms with van der Waals surface area (Å²) in [5.74, 6) is 0.103. The summed E-state index contributed by atoms with van der Waals surface area (Å²) >= 11 is 2.02. The third-order valence-electron chi connectivity index (χ3n) is 8.36. The van der Waals surface area contributed by atoms with Crippen molar-refractivity contribution in [2.75, 3.05) is 79.8 Å². The van der Waals surface area contributed by atoms with Crippen molar-refractivity contribution >= 4 is 11.8 Å². The number of rotatable bonds is 0. The Hall–Kier alpha value is -0.1000. The maximum absolute atomic E-state index is 12.4. The average molecular weight is 570 g/mol. The Balaban J connectivity index is 0.000000238. The molecule has 10 heteroatoms. The van der Waals surface area contributed by atoms with Gasteiger partial charge in [-0.05, 0) is 95.7 Å². The smallest absolute Gasteiger partial charge is 0.262 e. The lowest BCUT2D eigenvalue weighted by Crippen LogP contribution is -2.23. The molecule has 5 fully saturated rings. The van der Waals surface area contributed by atoms with Gasteiger partial charge in [0.25, 0.3) is 5.92 Å². The molecule has 38 heavy (non-hydrogen) atoms. The monoisotopic (exact) mass is 569 g/mol. The van der Waals surface area contributed by atoms with E-state index in [9.17, 15) is 13.2 Å². The van der Waals surface area contributed by atoms with E-state index in [4.69, 9.17) is 4.74 Å². The number of ether oxygens (including phenoxy) is 1. The Morgan fingerprint density at radius 3 is 1.55 bits per heavy atom. The Morgan fingerprint density at radius 1 is 0.763 bits per heavy atom. The van der Waals surface area contributed by atoms with Crippen LogP contribution in [0.3, 0.4) is 0 Å². The van der Waals surface area contributed by atoms with Gasteiger partial charge < -0.3 is 14.5 Å². The molecule has 0 spiro atoms. The second kappa shape index (κ2) is 17.7. The summed E-state index contributed by atoms with van der Waals surface area (Å²) in [6.07, 6.45) is 2.96. The third kappa shape index (κ3) is 14.0. The number of hydrogen-bond acceptors (Lipinski definition) is 7. The molecular formula is C28H58F3N5OS. The van der Waals surface area contributed by atoms with Gasteiger partial charge in [0.15, 0.2) is 0 Å². The summed E-state index contributed by atoms with van der Waals surface area (Å²) in [6.45, 7) is 14.1. The van der Waals surface area contributed by atoms with Gasteiger partial charge in [0.2, 0.25) is 0 Å². The predicted molar refractivity (Wildman–Crippen MR) is 157 cm³/mol. The zero-order valence-corrected chi connectivity index (χ0v) is 26.7. The molecule has 6 unspecified atom stereocenters. The highest BCUT2D eigenvalue weighted by molar-refractivity contribution is 7.99. The molecule has 0 aromatic rings. The van der Waals surface area contributed by atoms with Crippen molar-refractivity contribution in [3.05, 3.63) is 0 Å². The maximum Gasteiger partial charge on any atom is 0.262 e.